The Morgan fingerprint density at radius 2 is 2.19 bits per heavy atom. The first-order valence-electron chi connectivity index (χ1n) is 9.31. The van der Waals surface area contributed by atoms with E-state index in [2.05, 4.69) is 44.6 Å². The highest BCUT2D eigenvalue weighted by Gasteiger charge is 2.22. The highest BCUT2D eigenvalue weighted by molar-refractivity contribution is 6.32. The largest absolute Gasteiger partial charge is 0.339 e. The summed E-state index contributed by atoms with van der Waals surface area (Å²) in [7, 11) is 0. The lowest BCUT2D eigenvalue weighted by Gasteiger charge is -2.27. The number of rotatable bonds is 4. The molecule has 2 aromatic heterocycles. The third-order valence-electron chi connectivity index (χ3n) is 4.95. The Morgan fingerprint density at radius 1 is 1.30 bits per heavy atom. The summed E-state index contributed by atoms with van der Waals surface area (Å²) in [6, 6.07) is 6.39. The summed E-state index contributed by atoms with van der Waals surface area (Å²) in [5.41, 5.74) is 1.90. The first kappa shape index (κ1) is 18.0. The molecule has 142 valence electrons. The van der Waals surface area contributed by atoms with Gasteiger partial charge in [0.2, 0.25) is 5.95 Å². The summed E-state index contributed by atoms with van der Waals surface area (Å²) in [4.78, 5) is 11.4. The van der Waals surface area contributed by atoms with Crippen LogP contribution in [0.2, 0.25) is 5.02 Å². The fraction of sp³-hybridized carbons (Fsp3) is 0.421. The second-order valence-electron chi connectivity index (χ2n) is 7.27. The van der Waals surface area contributed by atoms with Gasteiger partial charge in [-0.1, -0.05) is 25.4 Å². The van der Waals surface area contributed by atoms with Crippen LogP contribution in [0.1, 0.15) is 20.3 Å². The Bertz CT molecular complexity index is 923. The minimum Gasteiger partial charge on any atom is -0.339 e. The van der Waals surface area contributed by atoms with E-state index in [1.165, 1.54) is 0 Å². The van der Waals surface area contributed by atoms with Crippen molar-refractivity contribution in [3.63, 3.8) is 0 Å². The van der Waals surface area contributed by atoms with E-state index >= 15 is 0 Å². The molecule has 1 aromatic carbocycles. The molecule has 0 aliphatic carbocycles. The minimum atomic E-state index is 0.423. The number of H-pyrrole nitrogens is 1. The Kier molecular flexibility index (Phi) is 5.13. The van der Waals surface area contributed by atoms with Crippen LogP contribution in [-0.2, 0) is 0 Å². The molecule has 0 saturated carbocycles. The van der Waals surface area contributed by atoms with Gasteiger partial charge in [0, 0.05) is 30.2 Å². The van der Waals surface area contributed by atoms with Crippen LogP contribution in [0.4, 0.5) is 17.5 Å². The number of benzene rings is 1. The zero-order valence-electron chi connectivity index (χ0n) is 15.5. The lowest BCUT2D eigenvalue weighted by molar-refractivity contribution is 0.419. The number of anilines is 3. The molecule has 27 heavy (non-hydrogen) atoms. The molecule has 1 atom stereocenters. The molecule has 3 N–H and O–H groups in total. The van der Waals surface area contributed by atoms with Crippen LogP contribution in [0.5, 0.6) is 0 Å². The van der Waals surface area contributed by atoms with Crippen molar-refractivity contribution >= 4 is 40.0 Å². The minimum absolute atomic E-state index is 0.423. The average molecular weight is 386 g/mol. The lowest BCUT2D eigenvalue weighted by atomic mass is 10.0. The van der Waals surface area contributed by atoms with E-state index < -0.39 is 0 Å². The summed E-state index contributed by atoms with van der Waals surface area (Å²) in [6.07, 6.45) is 4.53. The van der Waals surface area contributed by atoms with Gasteiger partial charge in [0.05, 0.1) is 17.9 Å². The predicted molar refractivity (Wildman–Crippen MR) is 110 cm³/mol. The summed E-state index contributed by atoms with van der Waals surface area (Å²) in [5.74, 6) is 1.88. The maximum atomic E-state index is 6.36. The third-order valence-corrected chi connectivity index (χ3v) is 5.23. The number of fused-ring (bicyclic) bond motifs is 1. The number of nitrogens with one attached hydrogen (secondary N) is 3. The van der Waals surface area contributed by atoms with Gasteiger partial charge in [-0.3, -0.25) is 5.10 Å². The van der Waals surface area contributed by atoms with E-state index in [0.717, 1.165) is 42.6 Å². The number of hydrogen-bond acceptors (Lipinski definition) is 6. The summed E-state index contributed by atoms with van der Waals surface area (Å²) in [6.45, 7) is 7.31. The summed E-state index contributed by atoms with van der Waals surface area (Å²) in [5, 5.41) is 15.5. The summed E-state index contributed by atoms with van der Waals surface area (Å²) < 4.78 is 0. The molecule has 8 heteroatoms. The van der Waals surface area contributed by atoms with Crippen LogP contribution in [0.25, 0.3) is 10.9 Å². The smallest absolute Gasteiger partial charge is 0.227 e. The number of hydrogen-bond donors (Lipinski definition) is 3. The number of halogens is 1. The van der Waals surface area contributed by atoms with Crippen molar-refractivity contribution in [2.24, 2.45) is 5.92 Å². The highest BCUT2D eigenvalue weighted by atomic mass is 35.5. The van der Waals surface area contributed by atoms with Crippen molar-refractivity contribution in [2.75, 3.05) is 29.9 Å². The quantitative estimate of drug-likeness (QED) is 0.637. The molecule has 1 aliphatic heterocycles. The number of aromatic amines is 1. The molecule has 0 spiro atoms. The van der Waals surface area contributed by atoms with Crippen LogP contribution in [0.3, 0.4) is 0 Å². The van der Waals surface area contributed by atoms with Gasteiger partial charge in [0.1, 0.15) is 5.02 Å². The van der Waals surface area contributed by atoms with Crippen molar-refractivity contribution in [3.8, 4) is 0 Å². The summed E-state index contributed by atoms with van der Waals surface area (Å²) >= 11 is 6.36. The highest BCUT2D eigenvalue weighted by Crippen LogP contribution is 2.27. The van der Waals surface area contributed by atoms with Crippen molar-refractivity contribution in [2.45, 2.75) is 26.3 Å². The molecule has 3 aromatic rings. The standard InChI is InChI=1S/C19H24ClN7/c1-12(2)17-11-27(7-3-6-21-17)19-22-10-15(20)18(25-19)24-14-4-5-16-13(8-14)9-23-26-16/h4-5,8-10,12,17,21H,3,6-7,11H2,1-2H3,(H,23,26)(H,22,24,25). The zero-order valence-corrected chi connectivity index (χ0v) is 16.3. The second kappa shape index (κ2) is 7.70. The normalized spacial score (nSPS) is 18.1. The topological polar surface area (TPSA) is 81.8 Å². The van der Waals surface area contributed by atoms with Gasteiger partial charge in [0.25, 0.3) is 0 Å². The monoisotopic (exact) mass is 385 g/mol. The first-order chi connectivity index (χ1) is 13.1. The van der Waals surface area contributed by atoms with E-state index in [1.54, 1.807) is 12.4 Å². The Labute approximate surface area is 163 Å². The van der Waals surface area contributed by atoms with Gasteiger partial charge in [-0.05, 0) is 37.1 Å². The van der Waals surface area contributed by atoms with Crippen molar-refractivity contribution in [1.29, 1.82) is 0 Å². The molecule has 1 aliphatic rings. The second-order valence-corrected chi connectivity index (χ2v) is 7.67. The van der Waals surface area contributed by atoms with Gasteiger partial charge < -0.3 is 15.5 Å². The molecular formula is C19H24ClN7. The van der Waals surface area contributed by atoms with Gasteiger partial charge in [-0.15, -0.1) is 0 Å². The lowest BCUT2D eigenvalue weighted by Crippen LogP contribution is -2.41. The zero-order chi connectivity index (χ0) is 18.8. The van der Waals surface area contributed by atoms with Crippen molar-refractivity contribution < 1.29 is 0 Å². The molecule has 0 radical (unpaired) electrons. The number of nitrogens with zero attached hydrogens (tertiary/aromatic N) is 4. The fourth-order valence-corrected chi connectivity index (χ4v) is 3.47. The van der Waals surface area contributed by atoms with Gasteiger partial charge >= 0.3 is 0 Å². The van der Waals surface area contributed by atoms with Crippen LogP contribution in [0, 0.1) is 5.92 Å². The van der Waals surface area contributed by atoms with Crippen LogP contribution in [-0.4, -0.2) is 45.8 Å². The Balaban J connectivity index is 1.58. The van der Waals surface area contributed by atoms with Crippen molar-refractivity contribution in [1.82, 2.24) is 25.5 Å². The van der Waals surface area contributed by atoms with Crippen LogP contribution >= 0.6 is 11.6 Å². The average Bonchev–Trinajstić information content (AvgIpc) is 2.97. The molecule has 0 amide bonds. The molecular weight excluding hydrogens is 362 g/mol. The first-order valence-corrected chi connectivity index (χ1v) is 9.69. The molecule has 3 heterocycles. The third kappa shape index (κ3) is 3.99. The molecule has 1 saturated heterocycles. The molecule has 1 unspecified atom stereocenters. The van der Waals surface area contributed by atoms with E-state index in [9.17, 15) is 0 Å². The predicted octanol–water partition coefficient (Wildman–Crippen LogP) is 3.57. The maximum absolute atomic E-state index is 6.36. The SMILES string of the molecule is CC(C)C1CN(c2ncc(Cl)c(Nc3ccc4[nH]ncc4c3)n2)CCCN1. The molecule has 4 rings (SSSR count). The van der Waals surface area contributed by atoms with Gasteiger partial charge in [-0.2, -0.15) is 10.1 Å². The van der Waals surface area contributed by atoms with Crippen molar-refractivity contribution in [3.05, 3.63) is 35.6 Å². The molecule has 0 bridgehead atoms. The Hall–Kier alpha value is -2.38. The molecule has 7 nitrogen and oxygen atoms in total. The van der Waals surface area contributed by atoms with E-state index in [0.29, 0.717) is 28.7 Å². The van der Waals surface area contributed by atoms with E-state index in [-0.39, 0.29) is 0 Å². The Morgan fingerprint density at radius 3 is 3.04 bits per heavy atom. The number of aromatic nitrogens is 4. The van der Waals surface area contributed by atoms with Gasteiger partial charge in [-0.25, -0.2) is 4.98 Å². The van der Waals surface area contributed by atoms with Crippen LogP contribution in [0.15, 0.2) is 30.6 Å². The maximum Gasteiger partial charge on any atom is 0.227 e. The van der Waals surface area contributed by atoms with E-state index in [1.807, 2.05) is 18.2 Å². The molecule has 1 fully saturated rings. The van der Waals surface area contributed by atoms with Gasteiger partial charge in [0.15, 0.2) is 5.82 Å². The fourth-order valence-electron chi connectivity index (χ4n) is 3.33. The van der Waals surface area contributed by atoms with Crippen LogP contribution < -0.4 is 15.5 Å². The van der Waals surface area contributed by atoms with E-state index in [4.69, 9.17) is 16.6 Å².